The van der Waals surface area contributed by atoms with Crippen LogP contribution in [-0.2, 0) is 16.0 Å². The molecule has 27 heavy (non-hydrogen) atoms. The molecule has 0 bridgehead atoms. The molecule has 1 fully saturated rings. The van der Waals surface area contributed by atoms with Gasteiger partial charge in [0.05, 0.1) is 3.79 Å². The summed E-state index contributed by atoms with van der Waals surface area (Å²) >= 11 is 5.01. The third-order valence-electron chi connectivity index (χ3n) is 4.63. The smallest absolute Gasteiger partial charge is 0.246 e. The minimum absolute atomic E-state index is 0.00991. The second-order valence-electron chi connectivity index (χ2n) is 6.52. The predicted octanol–water partition coefficient (Wildman–Crippen LogP) is 4.22. The van der Waals surface area contributed by atoms with Crippen molar-refractivity contribution in [2.45, 2.75) is 19.3 Å². The molecule has 2 amide bonds. The highest BCUT2D eigenvalue weighted by molar-refractivity contribution is 9.11. The van der Waals surface area contributed by atoms with Gasteiger partial charge in [0, 0.05) is 43.6 Å². The van der Waals surface area contributed by atoms with Gasteiger partial charge in [-0.2, -0.15) is 0 Å². The SMILES string of the molecule is O=C(/C=C/c1ccc(Br)s1)N1CCN(C(=O)CCCc2ccccc2)CC1. The number of carbonyl (C=O) groups excluding carboxylic acids is 2. The minimum atomic E-state index is 0.00991. The summed E-state index contributed by atoms with van der Waals surface area (Å²) in [4.78, 5) is 29.4. The molecule has 4 nitrogen and oxygen atoms in total. The quantitative estimate of drug-likeness (QED) is 0.623. The maximum atomic E-state index is 12.4. The summed E-state index contributed by atoms with van der Waals surface area (Å²) < 4.78 is 1.05. The number of piperazine rings is 1. The monoisotopic (exact) mass is 446 g/mol. The lowest BCUT2D eigenvalue weighted by Gasteiger charge is -2.34. The average Bonchev–Trinajstić information content (AvgIpc) is 3.12. The average molecular weight is 447 g/mol. The van der Waals surface area contributed by atoms with Crippen molar-refractivity contribution in [2.24, 2.45) is 0 Å². The van der Waals surface area contributed by atoms with E-state index in [0.717, 1.165) is 21.5 Å². The first-order chi connectivity index (χ1) is 13.1. The number of hydrogen-bond donors (Lipinski definition) is 0. The second-order valence-corrected chi connectivity index (χ2v) is 9.02. The van der Waals surface area contributed by atoms with Crippen LogP contribution in [0.5, 0.6) is 0 Å². The van der Waals surface area contributed by atoms with Crippen LogP contribution >= 0.6 is 27.3 Å². The van der Waals surface area contributed by atoms with E-state index in [2.05, 4.69) is 28.1 Å². The summed E-state index contributed by atoms with van der Waals surface area (Å²) in [5, 5.41) is 0. The Kier molecular flexibility index (Phi) is 7.24. The Morgan fingerprint density at radius 1 is 1.00 bits per heavy atom. The molecule has 0 aliphatic carbocycles. The summed E-state index contributed by atoms with van der Waals surface area (Å²) in [6, 6.07) is 14.2. The standard InChI is InChI=1S/C21H23BrN2O2S/c22-19-11-9-18(27-19)10-12-21(26)24-15-13-23(14-16-24)20(25)8-4-7-17-5-2-1-3-6-17/h1-3,5-6,9-12H,4,7-8,13-16H2/b12-10+. The highest BCUT2D eigenvalue weighted by atomic mass is 79.9. The Balaban J connectivity index is 1.39. The normalized spacial score (nSPS) is 14.7. The highest BCUT2D eigenvalue weighted by Gasteiger charge is 2.22. The van der Waals surface area contributed by atoms with E-state index in [9.17, 15) is 9.59 Å². The predicted molar refractivity (Wildman–Crippen MR) is 114 cm³/mol. The van der Waals surface area contributed by atoms with E-state index in [-0.39, 0.29) is 11.8 Å². The van der Waals surface area contributed by atoms with E-state index >= 15 is 0 Å². The zero-order chi connectivity index (χ0) is 19.1. The Morgan fingerprint density at radius 3 is 2.37 bits per heavy atom. The van der Waals surface area contributed by atoms with Gasteiger partial charge in [-0.1, -0.05) is 30.3 Å². The lowest BCUT2D eigenvalue weighted by atomic mass is 10.1. The number of amides is 2. The van der Waals surface area contributed by atoms with Gasteiger partial charge < -0.3 is 9.80 Å². The Bertz CT molecular complexity index is 796. The molecule has 0 spiro atoms. The Morgan fingerprint density at radius 2 is 1.70 bits per heavy atom. The first-order valence-electron chi connectivity index (χ1n) is 9.16. The molecule has 1 aromatic carbocycles. The lowest BCUT2D eigenvalue weighted by Crippen LogP contribution is -2.50. The van der Waals surface area contributed by atoms with E-state index in [4.69, 9.17) is 0 Å². The molecular weight excluding hydrogens is 424 g/mol. The van der Waals surface area contributed by atoms with Gasteiger partial charge in [0.1, 0.15) is 0 Å². The first-order valence-corrected chi connectivity index (χ1v) is 10.8. The molecule has 6 heteroatoms. The van der Waals surface area contributed by atoms with Crippen LogP contribution in [0.1, 0.15) is 23.3 Å². The van der Waals surface area contributed by atoms with Gasteiger partial charge in [0.15, 0.2) is 0 Å². The Labute approximate surface area is 172 Å². The molecule has 0 saturated carbocycles. The molecule has 142 valence electrons. The Hall–Kier alpha value is -1.92. The lowest BCUT2D eigenvalue weighted by molar-refractivity contribution is -0.137. The molecule has 0 N–H and O–H groups in total. The van der Waals surface area contributed by atoms with Crippen LogP contribution in [0.4, 0.5) is 0 Å². The van der Waals surface area contributed by atoms with Crippen molar-refractivity contribution in [1.82, 2.24) is 9.80 Å². The van der Waals surface area contributed by atoms with Crippen molar-refractivity contribution in [3.05, 3.63) is 62.8 Å². The van der Waals surface area contributed by atoms with Gasteiger partial charge in [-0.15, -0.1) is 11.3 Å². The topological polar surface area (TPSA) is 40.6 Å². The number of rotatable bonds is 6. The number of halogens is 1. The first kappa shape index (κ1) is 19.8. The van der Waals surface area contributed by atoms with Crippen LogP contribution in [-0.4, -0.2) is 47.8 Å². The zero-order valence-corrected chi connectivity index (χ0v) is 17.5. The zero-order valence-electron chi connectivity index (χ0n) is 15.1. The summed E-state index contributed by atoms with van der Waals surface area (Å²) in [7, 11) is 0. The van der Waals surface area contributed by atoms with Crippen molar-refractivity contribution in [3.63, 3.8) is 0 Å². The van der Waals surface area contributed by atoms with Gasteiger partial charge in [0.25, 0.3) is 0 Å². The molecule has 0 atom stereocenters. The summed E-state index contributed by atoms with van der Waals surface area (Å²) in [6.07, 6.45) is 5.82. The van der Waals surface area contributed by atoms with Crippen molar-refractivity contribution in [2.75, 3.05) is 26.2 Å². The summed E-state index contributed by atoms with van der Waals surface area (Å²) in [6.45, 7) is 2.44. The molecule has 3 rings (SSSR count). The van der Waals surface area contributed by atoms with Crippen molar-refractivity contribution >= 4 is 45.2 Å². The largest absolute Gasteiger partial charge is 0.339 e. The van der Waals surface area contributed by atoms with Gasteiger partial charge >= 0.3 is 0 Å². The van der Waals surface area contributed by atoms with E-state index in [1.54, 1.807) is 17.4 Å². The molecule has 1 aliphatic heterocycles. The van der Waals surface area contributed by atoms with E-state index in [1.165, 1.54) is 5.56 Å². The molecule has 2 heterocycles. The molecule has 2 aromatic rings. The van der Waals surface area contributed by atoms with Crippen molar-refractivity contribution in [1.29, 1.82) is 0 Å². The van der Waals surface area contributed by atoms with Crippen LogP contribution in [0.25, 0.3) is 6.08 Å². The highest BCUT2D eigenvalue weighted by Crippen LogP contribution is 2.23. The van der Waals surface area contributed by atoms with E-state index in [1.807, 2.05) is 46.2 Å². The number of carbonyl (C=O) groups is 2. The van der Waals surface area contributed by atoms with E-state index < -0.39 is 0 Å². The third-order valence-corrected chi connectivity index (χ3v) is 6.22. The van der Waals surface area contributed by atoms with Gasteiger partial charge in [-0.3, -0.25) is 9.59 Å². The summed E-state index contributed by atoms with van der Waals surface area (Å²) in [5.41, 5.74) is 1.27. The van der Waals surface area contributed by atoms with Crippen LogP contribution in [0.15, 0.2) is 52.3 Å². The number of thiophene rings is 1. The van der Waals surface area contributed by atoms with Crippen molar-refractivity contribution in [3.8, 4) is 0 Å². The van der Waals surface area contributed by atoms with Crippen LogP contribution in [0, 0.1) is 0 Å². The molecule has 0 unspecified atom stereocenters. The fourth-order valence-electron chi connectivity index (χ4n) is 3.10. The van der Waals surface area contributed by atoms with Crippen LogP contribution in [0.3, 0.4) is 0 Å². The van der Waals surface area contributed by atoms with Crippen molar-refractivity contribution < 1.29 is 9.59 Å². The van der Waals surface area contributed by atoms with E-state index in [0.29, 0.717) is 32.6 Å². The van der Waals surface area contributed by atoms with Gasteiger partial charge in [-0.25, -0.2) is 0 Å². The summed E-state index contributed by atoms with van der Waals surface area (Å²) in [5.74, 6) is 0.202. The molecular formula is C21H23BrN2O2S. The molecule has 1 saturated heterocycles. The number of hydrogen-bond acceptors (Lipinski definition) is 3. The molecule has 1 aromatic heterocycles. The number of benzene rings is 1. The fourth-order valence-corrected chi connectivity index (χ4v) is 4.43. The van der Waals surface area contributed by atoms with Gasteiger partial charge in [-0.05, 0) is 52.5 Å². The third kappa shape index (κ3) is 6.04. The number of aryl methyl sites for hydroxylation is 1. The number of nitrogens with zero attached hydrogens (tertiary/aromatic N) is 2. The minimum Gasteiger partial charge on any atom is -0.339 e. The second kappa shape index (κ2) is 9.85. The van der Waals surface area contributed by atoms with Gasteiger partial charge in [0.2, 0.25) is 11.8 Å². The van der Waals surface area contributed by atoms with Crippen LogP contribution < -0.4 is 0 Å². The molecule has 0 radical (unpaired) electrons. The van der Waals surface area contributed by atoms with Crippen LogP contribution in [0.2, 0.25) is 0 Å². The maximum Gasteiger partial charge on any atom is 0.246 e. The fraction of sp³-hybridized carbons (Fsp3) is 0.333. The maximum absolute atomic E-state index is 12.4. The molecule has 1 aliphatic rings.